The highest BCUT2D eigenvalue weighted by molar-refractivity contribution is 7.22. The Kier molecular flexibility index (Phi) is 5.43. The fraction of sp³-hybridized carbons (Fsp3) is 0.409. The smallest absolute Gasteiger partial charge is 0.181 e. The minimum absolute atomic E-state index is 0.102. The summed E-state index contributed by atoms with van der Waals surface area (Å²) in [6.07, 6.45) is 3.05. The van der Waals surface area contributed by atoms with Gasteiger partial charge in [0.25, 0.3) is 0 Å². The third-order valence-corrected chi connectivity index (χ3v) is 6.67. The second-order valence-electron chi connectivity index (χ2n) is 7.63. The van der Waals surface area contributed by atoms with Crippen molar-refractivity contribution in [3.05, 3.63) is 59.7 Å². The van der Waals surface area contributed by atoms with Gasteiger partial charge >= 0.3 is 0 Å². The van der Waals surface area contributed by atoms with Crippen molar-refractivity contribution in [1.29, 1.82) is 0 Å². The maximum Gasteiger partial charge on any atom is 0.181 e. The molecule has 2 heterocycles. The van der Waals surface area contributed by atoms with Gasteiger partial charge in [-0.15, -0.1) is 0 Å². The normalized spacial score (nSPS) is 18.6. The number of hydrogen-bond donors (Lipinski definition) is 2. The number of hydrogen-bond acceptors (Lipinski definition) is 5. The largest absolute Gasteiger partial charge is 0.387 e. The van der Waals surface area contributed by atoms with Crippen LogP contribution in [0, 0.1) is 5.92 Å². The summed E-state index contributed by atoms with van der Waals surface area (Å²) >= 11 is 1.47. The van der Waals surface area contributed by atoms with Gasteiger partial charge in [-0.1, -0.05) is 47.7 Å². The molecular weight excluding hydrogens is 354 g/mol. The predicted molar refractivity (Wildman–Crippen MR) is 113 cm³/mol. The molecule has 2 atom stereocenters. The van der Waals surface area contributed by atoms with Crippen molar-refractivity contribution in [2.75, 3.05) is 18.8 Å². The van der Waals surface area contributed by atoms with Crippen molar-refractivity contribution in [2.45, 2.75) is 38.3 Å². The third kappa shape index (κ3) is 4.15. The summed E-state index contributed by atoms with van der Waals surface area (Å²) in [6, 6.07) is 16.8. The zero-order valence-corrected chi connectivity index (χ0v) is 16.5. The van der Waals surface area contributed by atoms with Crippen LogP contribution < -0.4 is 5.73 Å². The van der Waals surface area contributed by atoms with E-state index in [9.17, 15) is 5.11 Å². The number of thiazole rings is 1. The molecule has 142 valence electrons. The van der Waals surface area contributed by atoms with Gasteiger partial charge in [-0.2, -0.15) is 0 Å². The number of aliphatic hydroxyl groups excluding tert-OH is 1. The molecule has 0 bridgehead atoms. The minimum Gasteiger partial charge on any atom is -0.387 e. The SMILES string of the molecule is C[C@@H]([C@H](O)c1ccc2nc(N)sc2c1)N1CCC(Cc2ccccc2)CC1. The first kappa shape index (κ1) is 18.4. The Bertz CT molecular complexity index is 887. The first-order valence-electron chi connectivity index (χ1n) is 9.72. The topological polar surface area (TPSA) is 62.4 Å². The second kappa shape index (κ2) is 7.97. The molecule has 1 aliphatic rings. The van der Waals surface area contributed by atoms with E-state index in [1.165, 1.54) is 29.7 Å². The van der Waals surface area contributed by atoms with Crippen LogP contribution in [0.2, 0.25) is 0 Å². The zero-order valence-electron chi connectivity index (χ0n) is 15.7. The Morgan fingerprint density at radius 1 is 1.19 bits per heavy atom. The first-order valence-corrected chi connectivity index (χ1v) is 10.5. The Morgan fingerprint density at radius 2 is 1.93 bits per heavy atom. The number of fused-ring (bicyclic) bond motifs is 1. The molecule has 1 aromatic heterocycles. The van der Waals surface area contributed by atoms with Crippen molar-refractivity contribution in [2.24, 2.45) is 5.92 Å². The molecule has 3 aromatic rings. The van der Waals surface area contributed by atoms with Gasteiger partial charge in [-0.3, -0.25) is 4.90 Å². The molecule has 2 aromatic carbocycles. The zero-order chi connectivity index (χ0) is 18.8. The molecule has 4 rings (SSSR count). The average Bonchev–Trinajstić information content (AvgIpc) is 3.07. The summed E-state index contributed by atoms with van der Waals surface area (Å²) in [5.74, 6) is 0.740. The maximum atomic E-state index is 10.9. The molecule has 3 N–H and O–H groups in total. The molecule has 27 heavy (non-hydrogen) atoms. The van der Waals surface area contributed by atoms with E-state index in [1.54, 1.807) is 0 Å². The lowest BCUT2D eigenvalue weighted by molar-refractivity contribution is 0.0374. The van der Waals surface area contributed by atoms with Crippen LogP contribution in [0.5, 0.6) is 0 Å². The molecular formula is C22H27N3OS. The van der Waals surface area contributed by atoms with Crippen molar-refractivity contribution >= 4 is 26.7 Å². The molecule has 0 unspecified atom stereocenters. The number of nitrogens with two attached hydrogens (primary N) is 1. The van der Waals surface area contributed by atoms with Crippen molar-refractivity contribution in [3.8, 4) is 0 Å². The van der Waals surface area contributed by atoms with Gasteiger partial charge in [-0.05, 0) is 68.5 Å². The lowest BCUT2D eigenvalue weighted by Gasteiger charge is -2.38. The van der Waals surface area contributed by atoms with Crippen LogP contribution in [-0.4, -0.2) is 34.1 Å². The Morgan fingerprint density at radius 3 is 2.67 bits per heavy atom. The standard InChI is InChI=1S/C22H27N3OS/c1-15(21(26)18-7-8-19-20(14-18)27-22(23)24-19)25-11-9-17(10-12-25)13-16-5-3-2-4-6-16/h2-8,14-15,17,21,26H,9-13H2,1H3,(H2,23,24)/t15-,21-/m0/s1. The molecule has 0 aliphatic carbocycles. The molecule has 1 saturated heterocycles. The van der Waals surface area contributed by atoms with Gasteiger partial charge in [0.1, 0.15) is 0 Å². The van der Waals surface area contributed by atoms with Gasteiger partial charge in [0, 0.05) is 6.04 Å². The number of piperidine rings is 1. The van der Waals surface area contributed by atoms with Gasteiger partial charge in [0.05, 0.1) is 16.3 Å². The predicted octanol–water partition coefficient (Wildman–Crippen LogP) is 4.26. The van der Waals surface area contributed by atoms with Crippen LogP contribution >= 0.6 is 11.3 Å². The lowest BCUT2D eigenvalue weighted by Crippen LogP contribution is -2.43. The average molecular weight is 382 g/mol. The van der Waals surface area contributed by atoms with Crippen LogP contribution in [0.1, 0.15) is 37.0 Å². The number of aromatic nitrogens is 1. The first-order chi connectivity index (χ1) is 13.1. The number of likely N-dealkylation sites (tertiary alicyclic amines) is 1. The van der Waals surface area contributed by atoms with Gasteiger partial charge < -0.3 is 10.8 Å². The fourth-order valence-corrected chi connectivity index (χ4v) is 4.92. The summed E-state index contributed by atoms with van der Waals surface area (Å²) in [7, 11) is 0. The molecule has 1 aliphatic heterocycles. The minimum atomic E-state index is -0.497. The molecule has 0 spiro atoms. The van der Waals surface area contributed by atoms with Gasteiger partial charge in [0.15, 0.2) is 5.13 Å². The number of anilines is 1. The van der Waals surface area contributed by atoms with Crippen molar-refractivity contribution in [1.82, 2.24) is 9.88 Å². The number of nitrogens with zero attached hydrogens (tertiary/aromatic N) is 2. The number of rotatable bonds is 5. The van der Waals surface area contributed by atoms with Crippen LogP contribution in [0.25, 0.3) is 10.2 Å². The summed E-state index contributed by atoms with van der Waals surface area (Å²) in [5.41, 5.74) is 9.08. The summed E-state index contributed by atoms with van der Waals surface area (Å²) in [4.78, 5) is 6.72. The van der Waals surface area contributed by atoms with Crippen LogP contribution in [0.4, 0.5) is 5.13 Å². The van der Waals surface area contributed by atoms with Crippen molar-refractivity contribution in [3.63, 3.8) is 0 Å². The summed E-state index contributed by atoms with van der Waals surface area (Å²) < 4.78 is 1.04. The highest BCUT2D eigenvalue weighted by atomic mass is 32.1. The number of benzene rings is 2. The van der Waals surface area contributed by atoms with Crippen LogP contribution in [-0.2, 0) is 6.42 Å². The molecule has 0 radical (unpaired) electrons. The van der Waals surface area contributed by atoms with Crippen LogP contribution in [0.15, 0.2) is 48.5 Å². The van der Waals surface area contributed by atoms with Gasteiger partial charge in [-0.25, -0.2) is 4.98 Å². The van der Waals surface area contributed by atoms with Gasteiger partial charge in [0.2, 0.25) is 0 Å². The van der Waals surface area contributed by atoms with Crippen LogP contribution in [0.3, 0.4) is 0 Å². The number of nitrogen functional groups attached to an aromatic ring is 1. The van der Waals surface area contributed by atoms with E-state index in [4.69, 9.17) is 5.73 Å². The summed E-state index contributed by atoms with van der Waals surface area (Å²) in [6.45, 7) is 4.23. The third-order valence-electron chi connectivity index (χ3n) is 5.82. The highest BCUT2D eigenvalue weighted by Gasteiger charge is 2.27. The lowest BCUT2D eigenvalue weighted by atomic mass is 9.89. The van der Waals surface area contributed by atoms with E-state index in [2.05, 4.69) is 47.1 Å². The van der Waals surface area contributed by atoms with E-state index in [0.29, 0.717) is 5.13 Å². The Balaban J connectivity index is 1.37. The summed E-state index contributed by atoms with van der Waals surface area (Å²) in [5, 5.41) is 11.5. The number of aliphatic hydroxyl groups is 1. The van der Waals surface area contributed by atoms with E-state index in [-0.39, 0.29) is 6.04 Å². The Labute approximate surface area is 164 Å². The monoisotopic (exact) mass is 381 g/mol. The molecule has 0 saturated carbocycles. The maximum absolute atomic E-state index is 10.9. The quantitative estimate of drug-likeness (QED) is 0.693. The van der Waals surface area contributed by atoms with Crippen molar-refractivity contribution < 1.29 is 5.11 Å². The highest BCUT2D eigenvalue weighted by Crippen LogP contribution is 2.31. The van der Waals surface area contributed by atoms with E-state index < -0.39 is 6.10 Å². The fourth-order valence-electron chi connectivity index (χ4n) is 4.13. The van der Waals surface area contributed by atoms with E-state index in [1.807, 2.05) is 18.2 Å². The van der Waals surface area contributed by atoms with E-state index in [0.717, 1.165) is 41.2 Å². The molecule has 4 nitrogen and oxygen atoms in total. The second-order valence-corrected chi connectivity index (χ2v) is 8.70. The molecule has 5 heteroatoms. The molecule has 1 fully saturated rings. The van der Waals surface area contributed by atoms with E-state index >= 15 is 0 Å². The molecule has 0 amide bonds. The Hall–Kier alpha value is -1.95.